The van der Waals surface area contributed by atoms with Crippen LogP contribution in [0.4, 0.5) is 0 Å². The molecule has 108 valence electrons. The summed E-state index contributed by atoms with van der Waals surface area (Å²) >= 11 is 0. The second-order valence-electron chi connectivity index (χ2n) is 6.22. The fourth-order valence-electron chi connectivity index (χ4n) is 2.24. The monoisotopic (exact) mass is 265 g/mol. The van der Waals surface area contributed by atoms with Crippen molar-refractivity contribution in [3.63, 3.8) is 0 Å². The molecule has 0 saturated carbocycles. The van der Waals surface area contributed by atoms with Crippen molar-refractivity contribution in [1.29, 1.82) is 0 Å². The van der Waals surface area contributed by atoms with Gasteiger partial charge in [0.25, 0.3) is 0 Å². The van der Waals surface area contributed by atoms with Gasteiger partial charge in [-0.05, 0) is 51.8 Å². The summed E-state index contributed by atoms with van der Waals surface area (Å²) in [5, 5.41) is 9.32. The van der Waals surface area contributed by atoms with Gasteiger partial charge in [0, 0.05) is 17.6 Å². The molecular formula is C16H27NO2. The Morgan fingerprint density at radius 2 is 1.68 bits per heavy atom. The number of benzene rings is 1. The van der Waals surface area contributed by atoms with Gasteiger partial charge in [-0.15, -0.1) is 0 Å². The third kappa shape index (κ3) is 3.71. The first-order valence-electron chi connectivity index (χ1n) is 6.87. The maximum atomic E-state index is 9.32. The maximum Gasteiger partial charge on any atom is 0.119 e. The highest BCUT2D eigenvalue weighted by Gasteiger charge is 2.39. The van der Waals surface area contributed by atoms with Crippen molar-refractivity contribution in [3.8, 4) is 5.75 Å². The fraction of sp³-hybridized carbons (Fsp3) is 0.625. The van der Waals surface area contributed by atoms with Gasteiger partial charge >= 0.3 is 0 Å². The first-order valence-corrected chi connectivity index (χ1v) is 6.87. The summed E-state index contributed by atoms with van der Waals surface area (Å²) < 4.78 is 5.65. The Kier molecular flexibility index (Phi) is 4.99. The first kappa shape index (κ1) is 16.0. The van der Waals surface area contributed by atoms with Crippen molar-refractivity contribution < 1.29 is 9.84 Å². The minimum absolute atomic E-state index is 0.126. The van der Waals surface area contributed by atoms with Crippen molar-refractivity contribution in [2.24, 2.45) is 5.73 Å². The van der Waals surface area contributed by atoms with Crippen molar-refractivity contribution in [2.45, 2.75) is 58.1 Å². The summed E-state index contributed by atoms with van der Waals surface area (Å²) in [5.41, 5.74) is 6.77. The summed E-state index contributed by atoms with van der Waals surface area (Å²) in [4.78, 5) is 0. The summed E-state index contributed by atoms with van der Waals surface area (Å²) in [6, 6.07) is 8.03. The fourth-order valence-corrected chi connectivity index (χ4v) is 2.24. The maximum absolute atomic E-state index is 9.32. The third-order valence-corrected chi connectivity index (χ3v) is 3.90. The zero-order valence-electron chi connectivity index (χ0n) is 12.7. The average molecular weight is 265 g/mol. The lowest BCUT2D eigenvalue weighted by molar-refractivity contribution is 0.190. The predicted octanol–water partition coefficient (Wildman–Crippen LogP) is 2.85. The molecule has 0 aromatic heterocycles. The second-order valence-corrected chi connectivity index (χ2v) is 6.22. The SMILES string of the molecule is CC(C)Oc1ccc(C(C)(CCO)C(C)(C)N)cc1. The summed E-state index contributed by atoms with van der Waals surface area (Å²) in [6.07, 6.45) is 0.807. The molecule has 3 N–H and O–H groups in total. The lowest BCUT2D eigenvalue weighted by Gasteiger charge is -2.42. The van der Waals surface area contributed by atoms with Crippen LogP contribution in [0.15, 0.2) is 24.3 Å². The molecule has 0 amide bonds. The molecule has 3 heteroatoms. The Bertz CT molecular complexity index is 392. The highest BCUT2D eigenvalue weighted by atomic mass is 16.5. The van der Waals surface area contributed by atoms with E-state index in [1.807, 2.05) is 52.0 Å². The van der Waals surface area contributed by atoms with Gasteiger partial charge in [-0.3, -0.25) is 0 Å². The van der Waals surface area contributed by atoms with Crippen LogP contribution in [0.2, 0.25) is 0 Å². The smallest absolute Gasteiger partial charge is 0.119 e. The normalized spacial score (nSPS) is 15.4. The predicted molar refractivity (Wildman–Crippen MR) is 79.5 cm³/mol. The molecule has 3 nitrogen and oxygen atoms in total. The Morgan fingerprint density at radius 3 is 2.05 bits per heavy atom. The van der Waals surface area contributed by atoms with Crippen LogP contribution in [0.3, 0.4) is 0 Å². The summed E-state index contributed by atoms with van der Waals surface area (Å²) in [7, 11) is 0. The van der Waals surface area contributed by atoms with Gasteiger partial charge in [0.1, 0.15) is 5.75 Å². The van der Waals surface area contributed by atoms with E-state index in [9.17, 15) is 5.11 Å². The highest BCUT2D eigenvalue weighted by Crippen LogP contribution is 2.37. The second kappa shape index (κ2) is 5.93. The minimum Gasteiger partial charge on any atom is -0.491 e. The van der Waals surface area contributed by atoms with Crippen LogP contribution in [0.25, 0.3) is 0 Å². The molecule has 19 heavy (non-hydrogen) atoms. The van der Waals surface area contributed by atoms with E-state index in [0.717, 1.165) is 11.3 Å². The lowest BCUT2D eigenvalue weighted by Crippen LogP contribution is -2.52. The largest absolute Gasteiger partial charge is 0.491 e. The van der Waals surface area contributed by atoms with Crippen LogP contribution in [-0.4, -0.2) is 23.4 Å². The molecule has 0 aliphatic rings. The van der Waals surface area contributed by atoms with Crippen molar-refractivity contribution in [1.82, 2.24) is 0 Å². The third-order valence-electron chi connectivity index (χ3n) is 3.90. The van der Waals surface area contributed by atoms with E-state index in [0.29, 0.717) is 6.42 Å². The number of aliphatic hydroxyl groups excluding tert-OH is 1. The lowest BCUT2D eigenvalue weighted by atomic mass is 9.67. The van der Waals surface area contributed by atoms with E-state index in [2.05, 4.69) is 6.92 Å². The highest BCUT2D eigenvalue weighted by molar-refractivity contribution is 5.34. The van der Waals surface area contributed by atoms with E-state index in [1.54, 1.807) is 0 Å². The van der Waals surface area contributed by atoms with Crippen LogP contribution in [0.1, 0.15) is 46.6 Å². The molecule has 1 unspecified atom stereocenters. The van der Waals surface area contributed by atoms with E-state index < -0.39 is 5.54 Å². The molecule has 0 saturated heterocycles. The molecule has 1 atom stereocenters. The molecule has 0 aliphatic heterocycles. The Labute approximate surface area is 116 Å². The van der Waals surface area contributed by atoms with Gasteiger partial charge in [-0.25, -0.2) is 0 Å². The van der Waals surface area contributed by atoms with Crippen LogP contribution in [0.5, 0.6) is 5.75 Å². The van der Waals surface area contributed by atoms with Crippen molar-refractivity contribution in [2.75, 3.05) is 6.61 Å². The molecule has 0 bridgehead atoms. The van der Waals surface area contributed by atoms with E-state index in [-0.39, 0.29) is 18.1 Å². The van der Waals surface area contributed by atoms with Crippen molar-refractivity contribution >= 4 is 0 Å². The van der Waals surface area contributed by atoms with Crippen LogP contribution in [-0.2, 0) is 5.41 Å². The Hall–Kier alpha value is -1.06. The quantitative estimate of drug-likeness (QED) is 0.831. The van der Waals surface area contributed by atoms with Crippen LogP contribution >= 0.6 is 0 Å². The number of hydrogen-bond acceptors (Lipinski definition) is 3. The van der Waals surface area contributed by atoms with Crippen LogP contribution in [0, 0.1) is 0 Å². The molecular weight excluding hydrogens is 238 g/mol. The van der Waals surface area contributed by atoms with Gasteiger partial charge in [0.2, 0.25) is 0 Å². The molecule has 0 spiro atoms. The Balaban J connectivity index is 3.05. The number of hydrogen-bond donors (Lipinski definition) is 2. The molecule has 0 radical (unpaired) electrons. The molecule has 1 aromatic rings. The standard InChI is InChI=1S/C16H27NO2/c1-12(2)19-14-8-6-13(7-9-14)16(5,10-11-18)15(3,4)17/h6-9,12,18H,10-11,17H2,1-5H3. The number of aliphatic hydroxyl groups is 1. The average Bonchev–Trinajstić information content (AvgIpc) is 2.27. The van der Waals surface area contributed by atoms with Gasteiger partial charge in [0.05, 0.1) is 6.10 Å². The zero-order chi connectivity index (χ0) is 14.7. The van der Waals surface area contributed by atoms with Gasteiger partial charge in [-0.2, -0.15) is 0 Å². The van der Waals surface area contributed by atoms with E-state index in [1.165, 1.54) is 0 Å². The number of rotatable bonds is 6. The van der Waals surface area contributed by atoms with Crippen LogP contribution < -0.4 is 10.5 Å². The van der Waals surface area contributed by atoms with Crippen molar-refractivity contribution in [3.05, 3.63) is 29.8 Å². The van der Waals surface area contributed by atoms with E-state index in [4.69, 9.17) is 10.5 Å². The molecule has 1 rings (SSSR count). The molecule has 0 heterocycles. The zero-order valence-corrected chi connectivity index (χ0v) is 12.7. The molecule has 1 aromatic carbocycles. The minimum atomic E-state index is -0.407. The Morgan fingerprint density at radius 1 is 1.16 bits per heavy atom. The van der Waals surface area contributed by atoms with Gasteiger partial charge in [-0.1, -0.05) is 19.1 Å². The number of nitrogens with two attached hydrogens (primary N) is 1. The van der Waals surface area contributed by atoms with E-state index >= 15 is 0 Å². The summed E-state index contributed by atoms with van der Waals surface area (Å²) in [5.74, 6) is 0.861. The molecule has 0 fully saturated rings. The summed E-state index contributed by atoms with van der Waals surface area (Å²) in [6.45, 7) is 10.2. The number of ether oxygens (including phenoxy) is 1. The van der Waals surface area contributed by atoms with Gasteiger partial charge in [0.15, 0.2) is 0 Å². The van der Waals surface area contributed by atoms with Gasteiger partial charge < -0.3 is 15.6 Å². The first-order chi connectivity index (χ1) is 8.70. The topological polar surface area (TPSA) is 55.5 Å². The molecule has 0 aliphatic carbocycles.